The highest BCUT2D eigenvalue weighted by molar-refractivity contribution is 5.85. The van der Waals surface area contributed by atoms with Gasteiger partial charge < -0.3 is 30.5 Å². The summed E-state index contributed by atoms with van der Waals surface area (Å²) in [5.74, 6) is 0.603. The van der Waals surface area contributed by atoms with Gasteiger partial charge in [-0.2, -0.15) is 9.97 Å². The molecule has 11 nitrogen and oxygen atoms in total. The Hall–Kier alpha value is -2.50. The monoisotopic (exact) mass is 405 g/mol. The zero-order chi connectivity index (χ0) is 20.7. The van der Waals surface area contributed by atoms with Crippen LogP contribution in [0.2, 0.25) is 0 Å². The first-order chi connectivity index (χ1) is 13.9. The number of nitrogens with zero attached hydrogens (tertiary/aromatic N) is 5. The molecule has 4 atom stereocenters. The SMILES string of the molecule is CNC(=O)[C@H]1O[C@@H](n2cnc3c(NC4CCCC4)nc(N(C)C)nc32)[C@H](O)[C@@H]1O. The van der Waals surface area contributed by atoms with Crippen LogP contribution >= 0.6 is 0 Å². The third-order valence-electron chi connectivity index (χ3n) is 5.52. The maximum Gasteiger partial charge on any atom is 0.251 e. The van der Waals surface area contributed by atoms with Crippen molar-refractivity contribution < 1.29 is 19.7 Å². The lowest BCUT2D eigenvalue weighted by molar-refractivity contribution is -0.137. The van der Waals surface area contributed by atoms with Crippen molar-refractivity contribution in [3.05, 3.63) is 6.33 Å². The zero-order valence-corrected chi connectivity index (χ0v) is 16.7. The summed E-state index contributed by atoms with van der Waals surface area (Å²) in [7, 11) is 5.13. The van der Waals surface area contributed by atoms with Crippen molar-refractivity contribution in [1.82, 2.24) is 24.8 Å². The molecule has 2 fully saturated rings. The molecule has 0 radical (unpaired) electrons. The van der Waals surface area contributed by atoms with Gasteiger partial charge in [-0.3, -0.25) is 9.36 Å². The molecule has 158 valence electrons. The highest BCUT2D eigenvalue weighted by Gasteiger charge is 2.47. The molecule has 2 aromatic heterocycles. The molecule has 4 N–H and O–H groups in total. The van der Waals surface area contributed by atoms with Crippen molar-refractivity contribution in [2.75, 3.05) is 31.4 Å². The van der Waals surface area contributed by atoms with E-state index >= 15 is 0 Å². The van der Waals surface area contributed by atoms with Crippen LogP contribution in [-0.4, -0.2) is 81.1 Å². The largest absolute Gasteiger partial charge is 0.387 e. The van der Waals surface area contributed by atoms with Gasteiger partial charge in [-0.1, -0.05) is 12.8 Å². The first kappa shape index (κ1) is 19.8. The molecule has 2 aliphatic rings. The molecule has 0 unspecified atom stereocenters. The molecule has 0 aromatic carbocycles. The second-order valence-electron chi connectivity index (χ2n) is 7.76. The Labute approximate surface area is 168 Å². The molecule has 1 aliphatic heterocycles. The van der Waals surface area contributed by atoms with Crippen molar-refractivity contribution in [2.45, 2.75) is 56.3 Å². The molecular weight excluding hydrogens is 378 g/mol. The van der Waals surface area contributed by atoms with E-state index in [1.165, 1.54) is 26.2 Å². The van der Waals surface area contributed by atoms with Gasteiger partial charge in [0.05, 0.1) is 6.33 Å². The number of hydrogen-bond donors (Lipinski definition) is 4. The Kier molecular flexibility index (Phi) is 5.28. The van der Waals surface area contributed by atoms with Gasteiger partial charge >= 0.3 is 0 Å². The van der Waals surface area contributed by atoms with Gasteiger partial charge in [0.15, 0.2) is 29.3 Å². The maximum absolute atomic E-state index is 12.0. The van der Waals surface area contributed by atoms with Crippen molar-refractivity contribution in [2.24, 2.45) is 0 Å². The summed E-state index contributed by atoms with van der Waals surface area (Å²) < 4.78 is 7.22. The minimum Gasteiger partial charge on any atom is -0.387 e. The van der Waals surface area contributed by atoms with Gasteiger partial charge in [0.25, 0.3) is 5.91 Å². The standard InChI is InChI=1S/C18H27N7O4/c1-19-16(28)13-11(26)12(27)17(29-13)25-8-20-10-14(21-9-6-4-5-7-9)22-18(24(2)3)23-15(10)25/h8-9,11-13,17,26-27H,4-7H2,1-3H3,(H,19,28)(H,21,22,23)/t11-,12+,13-,17+/m0/s1. The summed E-state index contributed by atoms with van der Waals surface area (Å²) in [6.07, 6.45) is 1.17. The third kappa shape index (κ3) is 3.49. The van der Waals surface area contributed by atoms with E-state index in [2.05, 4.69) is 25.6 Å². The van der Waals surface area contributed by atoms with Gasteiger partial charge in [-0.25, -0.2) is 4.98 Å². The van der Waals surface area contributed by atoms with Crippen molar-refractivity contribution in [1.29, 1.82) is 0 Å². The lowest BCUT2D eigenvalue weighted by atomic mass is 10.1. The lowest BCUT2D eigenvalue weighted by Crippen LogP contribution is -2.41. The van der Waals surface area contributed by atoms with Crippen LogP contribution in [0.1, 0.15) is 31.9 Å². The number of ether oxygens (including phenoxy) is 1. The number of imidazole rings is 1. The fourth-order valence-corrected chi connectivity index (χ4v) is 3.90. The van der Waals surface area contributed by atoms with E-state index in [1.807, 2.05) is 14.1 Å². The zero-order valence-electron chi connectivity index (χ0n) is 16.7. The highest BCUT2D eigenvalue weighted by atomic mass is 16.6. The van der Waals surface area contributed by atoms with E-state index in [4.69, 9.17) is 4.74 Å². The second-order valence-corrected chi connectivity index (χ2v) is 7.76. The molecule has 1 amide bonds. The first-order valence-electron chi connectivity index (χ1n) is 9.82. The smallest absolute Gasteiger partial charge is 0.251 e. The van der Waals surface area contributed by atoms with Crippen LogP contribution in [0.4, 0.5) is 11.8 Å². The average molecular weight is 405 g/mol. The number of aliphatic hydroxyl groups excluding tert-OH is 2. The second kappa shape index (κ2) is 7.73. The number of nitrogens with one attached hydrogen (secondary N) is 2. The number of aromatic nitrogens is 4. The van der Waals surface area contributed by atoms with Crippen LogP contribution in [0.25, 0.3) is 11.2 Å². The molecule has 3 heterocycles. The summed E-state index contributed by atoms with van der Waals surface area (Å²) in [4.78, 5) is 27.4. The molecule has 1 saturated carbocycles. The van der Waals surface area contributed by atoms with Crippen molar-refractivity contribution >= 4 is 28.8 Å². The van der Waals surface area contributed by atoms with E-state index in [0.717, 1.165) is 12.8 Å². The van der Waals surface area contributed by atoms with Gasteiger partial charge in [-0.05, 0) is 12.8 Å². The molecule has 29 heavy (non-hydrogen) atoms. The quantitative estimate of drug-likeness (QED) is 0.524. The molecule has 11 heteroatoms. The Morgan fingerprint density at radius 3 is 2.62 bits per heavy atom. The Morgan fingerprint density at radius 2 is 1.97 bits per heavy atom. The van der Waals surface area contributed by atoms with Gasteiger partial charge in [0, 0.05) is 27.2 Å². The maximum atomic E-state index is 12.0. The van der Waals surface area contributed by atoms with Gasteiger partial charge in [-0.15, -0.1) is 0 Å². The van der Waals surface area contributed by atoms with E-state index in [-0.39, 0.29) is 0 Å². The first-order valence-corrected chi connectivity index (χ1v) is 9.82. The van der Waals surface area contributed by atoms with Crippen LogP contribution < -0.4 is 15.5 Å². The molecule has 4 rings (SSSR count). The number of amides is 1. The normalized spacial score (nSPS) is 27.5. The van der Waals surface area contributed by atoms with Crippen molar-refractivity contribution in [3.63, 3.8) is 0 Å². The number of hydrogen-bond acceptors (Lipinski definition) is 9. The summed E-state index contributed by atoms with van der Waals surface area (Å²) in [5.41, 5.74) is 1.01. The molecular formula is C18H27N7O4. The van der Waals surface area contributed by atoms with Gasteiger partial charge in [0.1, 0.15) is 12.2 Å². The predicted octanol–water partition coefficient (Wildman–Crippen LogP) is -0.388. The molecule has 0 spiro atoms. The number of aliphatic hydroxyl groups is 2. The summed E-state index contributed by atoms with van der Waals surface area (Å²) in [6, 6.07) is 0.334. The summed E-state index contributed by atoms with van der Waals surface area (Å²) in [6.45, 7) is 0. The highest BCUT2D eigenvalue weighted by Crippen LogP contribution is 2.34. The average Bonchev–Trinajstić information content (AvgIpc) is 3.42. The molecule has 1 aliphatic carbocycles. The minimum absolute atomic E-state index is 0.334. The van der Waals surface area contributed by atoms with Crippen molar-refractivity contribution in [3.8, 4) is 0 Å². The molecule has 0 bridgehead atoms. The number of likely N-dealkylation sites (N-methyl/N-ethyl adjacent to an activating group) is 1. The minimum atomic E-state index is -1.36. The van der Waals surface area contributed by atoms with Crippen LogP contribution in [0.15, 0.2) is 6.33 Å². The van der Waals surface area contributed by atoms with E-state index in [0.29, 0.717) is 29.0 Å². The van der Waals surface area contributed by atoms with Crippen LogP contribution in [0.3, 0.4) is 0 Å². The number of carbonyl (C=O) groups excluding carboxylic acids is 1. The third-order valence-corrected chi connectivity index (χ3v) is 5.52. The number of anilines is 2. The van der Waals surface area contributed by atoms with Crippen LogP contribution in [0.5, 0.6) is 0 Å². The Morgan fingerprint density at radius 1 is 1.24 bits per heavy atom. The van der Waals surface area contributed by atoms with Crippen LogP contribution in [-0.2, 0) is 9.53 Å². The summed E-state index contributed by atoms with van der Waals surface area (Å²) in [5, 5.41) is 26.7. The summed E-state index contributed by atoms with van der Waals surface area (Å²) >= 11 is 0. The Balaban J connectivity index is 1.74. The van der Waals surface area contributed by atoms with E-state index < -0.39 is 30.4 Å². The predicted molar refractivity (Wildman–Crippen MR) is 106 cm³/mol. The fourth-order valence-electron chi connectivity index (χ4n) is 3.90. The number of fused-ring (bicyclic) bond motifs is 1. The fraction of sp³-hybridized carbons (Fsp3) is 0.667. The Bertz CT molecular complexity index is 896. The van der Waals surface area contributed by atoms with Gasteiger partial charge in [0.2, 0.25) is 5.95 Å². The van der Waals surface area contributed by atoms with E-state index in [1.54, 1.807) is 9.47 Å². The van der Waals surface area contributed by atoms with E-state index in [9.17, 15) is 15.0 Å². The lowest BCUT2D eigenvalue weighted by Gasteiger charge is -2.19. The van der Waals surface area contributed by atoms with Crippen LogP contribution in [0, 0.1) is 0 Å². The molecule has 1 saturated heterocycles. The number of carbonyl (C=O) groups is 1. The number of rotatable bonds is 5. The molecule has 2 aromatic rings. The topological polar surface area (TPSA) is 138 Å².